The summed E-state index contributed by atoms with van der Waals surface area (Å²) in [5, 5.41) is 15.8. The molecular weight excluding hydrogens is 248 g/mol. The van der Waals surface area contributed by atoms with Crippen LogP contribution in [0.1, 0.15) is 55.4 Å². The first-order valence-corrected chi connectivity index (χ1v) is 6.36. The predicted molar refractivity (Wildman–Crippen MR) is 75.9 cm³/mol. The lowest BCUT2D eigenvalue weighted by Gasteiger charge is -2.14. The lowest BCUT2D eigenvalue weighted by Crippen LogP contribution is -2.22. The summed E-state index contributed by atoms with van der Waals surface area (Å²) < 4.78 is 4.77. The predicted octanol–water partition coefficient (Wildman–Crippen LogP) is 2.71. The molecule has 5 heteroatoms. The van der Waals surface area contributed by atoms with Crippen molar-refractivity contribution < 1.29 is 24.5 Å². The second-order valence-corrected chi connectivity index (χ2v) is 5.84. The van der Waals surface area contributed by atoms with Crippen LogP contribution in [0.3, 0.4) is 0 Å². The lowest BCUT2D eigenvalue weighted by molar-refractivity contribution is -0.152. The number of carboxylic acids is 1. The van der Waals surface area contributed by atoms with Gasteiger partial charge in [0, 0.05) is 6.61 Å². The number of hydrogen-bond acceptors (Lipinski definition) is 4. The molecule has 0 amide bonds. The minimum Gasteiger partial charge on any atom is -0.481 e. The number of rotatable bonds is 1. The highest BCUT2D eigenvalue weighted by molar-refractivity contribution is 5.75. The number of carbonyl (C=O) groups excluding carboxylic acids is 1. The number of aliphatic hydroxyl groups is 1. The molecule has 0 saturated heterocycles. The molecule has 0 aromatic carbocycles. The summed E-state index contributed by atoms with van der Waals surface area (Å²) in [6, 6.07) is 0. The van der Waals surface area contributed by atoms with Crippen molar-refractivity contribution in [3.8, 4) is 0 Å². The second-order valence-electron chi connectivity index (χ2n) is 5.84. The van der Waals surface area contributed by atoms with Gasteiger partial charge in [-0.2, -0.15) is 0 Å². The van der Waals surface area contributed by atoms with Gasteiger partial charge in [-0.3, -0.25) is 9.59 Å². The van der Waals surface area contributed by atoms with E-state index in [1.54, 1.807) is 27.7 Å². The first kappa shape index (κ1) is 23.0. The molecule has 0 aromatic heterocycles. The van der Waals surface area contributed by atoms with E-state index in [1.807, 2.05) is 27.7 Å². The number of hydrogen-bond donors (Lipinski definition) is 2. The maximum absolute atomic E-state index is 10.8. The van der Waals surface area contributed by atoms with Gasteiger partial charge in [-0.25, -0.2) is 0 Å². The van der Waals surface area contributed by atoms with Gasteiger partial charge in [-0.05, 0) is 55.4 Å². The Morgan fingerprint density at radius 1 is 0.947 bits per heavy atom. The minimum atomic E-state index is -0.757. The standard InChI is InChI=1S/C7H14O2.C5H10O2.C2H6O/c1-5-9-6(8)7(2,3)4;1-5(2,3)4(6)7;1-2-3/h5H2,1-4H3;1-3H3,(H,6,7);3H,2H2,1H3. The smallest absolute Gasteiger partial charge is 0.311 e. The van der Waals surface area contributed by atoms with Crippen LogP contribution in [0.4, 0.5) is 0 Å². The maximum atomic E-state index is 10.8. The van der Waals surface area contributed by atoms with Crippen molar-refractivity contribution in [2.24, 2.45) is 10.8 Å². The van der Waals surface area contributed by atoms with Gasteiger partial charge in [0.05, 0.1) is 17.4 Å². The Kier molecular flexibility index (Phi) is 13.1. The van der Waals surface area contributed by atoms with Crippen LogP contribution in [0.5, 0.6) is 0 Å². The number of carbonyl (C=O) groups is 2. The molecule has 0 rings (SSSR count). The van der Waals surface area contributed by atoms with Crippen LogP contribution in [-0.2, 0) is 14.3 Å². The summed E-state index contributed by atoms with van der Waals surface area (Å²) in [5.74, 6) is -0.891. The third-order valence-electron chi connectivity index (χ3n) is 1.53. The molecule has 0 aromatic rings. The fourth-order valence-corrected chi connectivity index (χ4v) is 0.348. The summed E-state index contributed by atoms with van der Waals surface area (Å²) in [6.07, 6.45) is 0. The fourth-order valence-electron chi connectivity index (χ4n) is 0.348. The van der Waals surface area contributed by atoms with Gasteiger partial charge in [-0.1, -0.05) is 0 Å². The van der Waals surface area contributed by atoms with Gasteiger partial charge < -0.3 is 14.9 Å². The second kappa shape index (κ2) is 10.8. The van der Waals surface area contributed by atoms with Crippen molar-refractivity contribution in [1.29, 1.82) is 0 Å². The Morgan fingerprint density at radius 3 is 1.26 bits per heavy atom. The molecule has 5 nitrogen and oxygen atoms in total. The zero-order chi connectivity index (χ0) is 16.3. The highest BCUT2D eigenvalue weighted by Gasteiger charge is 2.21. The molecule has 116 valence electrons. The summed E-state index contributed by atoms with van der Waals surface area (Å²) in [4.78, 5) is 20.9. The number of carboxylic acid groups (broad SMARTS) is 1. The molecule has 0 fully saturated rings. The van der Waals surface area contributed by atoms with E-state index in [0.29, 0.717) is 6.61 Å². The van der Waals surface area contributed by atoms with Gasteiger partial charge in [0.1, 0.15) is 0 Å². The highest BCUT2D eigenvalue weighted by atomic mass is 16.5. The van der Waals surface area contributed by atoms with E-state index in [0.717, 1.165) is 0 Å². The summed E-state index contributed by atoms with van der Waals surface area (Å²) in [5.41, 5.74) is -0.935. The number of ether oxygens (including phenoxy) is 1. The Morgan fingerprint density at radius 2 is 1.21 bits per heavy atom. The van der Waals surface area contributed by atoms with Crippen LogP contribution in [-0.4, -0.2) is 35.4 Å². The topological polar surface area (TPSA) is 83.8 Å². The Hall–Kier alpha value is -1.10. The van der Waals surface area contributed by atoms with E-state index in [1.165, 1.54) is 0 Å². The Balaban J connectivity index is -0.000000228. The zero-order valence-electron chi connectivity index (χ0n) is 13.5. The maximum Gasteiger partial charge on any atom is 0.311 e. The monoisotopic (exact) mass is 278 g/mol. The molecule has 0 heterocycles. The highest BCUT2D eigenvalue weighted by Crippen LogP contribution is 2.14. The van der Waals surface area contributed by atoms with Crippen LogP contribution < -0.4 is 0 Å². The van der Waals surface area contributed by atoms with Gasteiger partial charge >= 0.3 is 11.9 Å². The number of aliphatic hydroxyl groups excluding tert-OH is 1. The molecule has 0 aliphatic heterocycles. The van der Waals surface area contributed by atoms with Crippen LogP contribution in [0, 0.1) is 10.8 Å². The third-order valence-corrected chi connectivity index (χ3v) is 1.53. The van der Waals surface area contributed by atoms with E-state index in [2.05, 4.69) is 0 Å². The molecule has 0 aliphatic carbocycles. The summed E-state index contributed by atoms with van der Waals surface area (Å²) in [7, 11) is 0. The fraction of sp³-hybridized carbons (Fsp3) is 0.857. The molecule has 19 heavy (non-hydrogen) atoms. The van der Waals surface area contributed by atoms with Gasteiger partial charge in [0.15, 0.2) is 0 Å². The summed E-state index contributed by atoms with van der Waals surface area (Å²) in [6.45, 7) is 14.7. The van der Waals surface area contributed by atoms with Gasteiger partial charge in [-0.15, -0.1) is 0 Å². The number of esters is 1. The van der Waals surface area contributed by atoms with E-state index >= 15 is 0 Å². The quantitative estimate of drug-likeness (QED) is 0.720. The molecule has 0 bridgehead atoms. The largest absolute Gasteiger partial charge is 0.481 e. The molecule has 0 atom stereocenters. The van der Waals surface area contributed by atoms with Crippen molar-refractivity contribution in [2.75, 3.05) is 13.2 Å². The van der Waals surface area contributed by atoms with Crippen molar-refractivity contribution in [3.63, 3.8) is 0 Å². The van der Waals surface area contributed by atoms with Crippen molar-refractivity contribution in [3.05, 3.63) is 0 Å². The van der Waals surface area contributed by atoms with E-state index in [9.17, 15) is 9.59 Å². The van der Waals surface area contributed by atoms with E-state index in [-0.39, 0.29) is 18.0 Å². The van der Waals surface area contributed by atoms with Crippen LogP contribution in [0.15, 0.2) is 0 Å². The first-order chi connectivity index (χ1) is 8.34. The van der Waals surface area contributed by atoms with Gasteiger partial charge in [0.2, 0.25) is 0 Å². The van der Waals surface area contributed by atoms with Crippen LogP contribution >= 0.6 is 0 Å². The van der Waals surface area contributed by atoms with Crippen molar-refractivity contribution in [1.82, 2.24) is 0 Å². The minimum absolute atomic E-state index is 0.134. The lowest BCUT2D eigenvalue weighted by atomic mass is 9.97. The van der Waals surface area contributed by atoms with Crippen molar-refractivity contribution in [2.45, 2.75) is 55.4 Å². The molecule has 0 radical (unpaired) electrons. The zero-order valence-corrected chi connectivity index (χ0v) is 13.5. The average molecular weight is 278 g/mol. The van der Waals surface area contributed by atoms with Crippen LogP contribution in [0.2, 0.25) is 0 Å². The Labute approximate surface area is 117 Å². The summed E-state index contributed by atoms with van der Waals surface area (Å²) >= 11 is 0. The number of aliphatic carboxylic acids is 1. The molecule has 0 aliphatic rings. The molecule has 0 spiro atoms. The normalized spacial score (nSPS) is 10.4. The first-order valence-electron chi connectivity index (χ1n) is 6.36. The van der Waals surface area contributed by atoms with Crippen molar-refractivity contribution >= 4 is 11.9 Å². The molecule has 0 unspecified atom stereocenters. The van der Waals surface area contributed by atoms with Crippen LogP contribution in [0.25, 0.3) is 0 Å². The van der Waals surface area contributed by atoms with E-state index < -0.39 is 11.4 Å². The third kappa shape index (κ3) is 19.4. The molecule has 0 saturated carbocycles. The molecule has 2 N–H and O–H groups in total. The SMILES string of the molecule is CC(C)(C)C(=O)O.CCO.CCOC(=O)C(C)(C)C. The average Bonchev–Trinajstić information content (AvgIpc) is 2.17. The van der Waals surface area contributed by atoms with E-state index in [4.69, 9.17) is 14.9 Å². The Bertz CT molecular complexity index is 246. The molecular formula is C14H30O5. The van der Waals surface area contributed by atoms with Gasteiger partial charge in [0.25, 0.3) is 0 Å².